The minimum Gasteiger partial charge on any atom is -0.381 e. The van der Waals surface area contributed by atoms with Gasteiger partial charge >= 0.3 is 0 Å². The van der Waals surface area contributed by atoms with Crippen LogP contribution >= 0.6 is 0 Å². The molecule has 0 fully saturated rings. The predicted molar refractivity (Wildman–Crippen MR) is 80.5 cm³/mol. The molecular weight excluding hydrogens is 291 g/mol. The van der Waals surface area contributed by atoms with E-state index in [-0.39, 0.29) is 16.9 Å². The van der Waals surface area contributed by atoms with E-state index in [4.69, 9.17) is 0 Å². The Morgan fingerprint density at radius 1 is 1.24 bits per heavy atom. The van der Waals surface area contributed by atoms with Crippen LogP contribution in [0.15, 0.2) is 47.6 Å². The first-order valence-corrected chi connectivity index (χ1v) is 8.41. The first-order valence-electron chi connectivity index (χ1n) is 6.52. The number of nitrogens with zero attached hydrogens (tertiary/aromatic N) is 1. The summed E-state index contributed by atoms with van der Waals surface area (Å²) in [6, 6.07) is 9.74. The maximum absolute atomic E-state index is 13.6. The number of halogens is 1. The molecular formula is C15H17FN2O2S. The molecule has 1 atom stereocenters. The molecule has 4 nitrogen and oxygen atoms in total. The van der Waals surface area contributed by atoms with Crippen LogP contribution in [0.25, 0.3) is 0 Å². The van der Waals surface area contributed by atoms with Crippen LogP contribution in [0, 0.1) is 5.82 Å². The fraction of sp³-hybridized carbons (Fsp3) is 0.267. The van der Waals surface area contributed by atoms with E-state index in [0.29, 0.717) is 17.7 Å². The van der Waals surface area contributed by atoms with Crippen LogP contribution in [-0.4, -0.2) is 25.7 Å². The number of nitrogens with one attached hydrogen (secondary N) is 1. The van der Waals surface area contributed by atoms with E-state index >= 15 is 0 Å². The Hall–Kier alpha value is -1.95. The van der Waals surface area contributed by atoms with Crippen LogP contribution in [0.3, 0.4) is 0 Å². The molecule has 21 heavy (non-hydrogen) atoms. The van der Waals surface area contributed by atoms with Crippen molar-refractivity contribution in [2.75, 3.05) is 11.6 Å². The van der Waals surface area contributed by atoms with Gasteiger partial charge in [0.05, 0.1) is 11.9 Å². The predicted octanol–water partition coefficient (Wildman–Crippen LogP) is 2.67. The van der Waals surface area contributed by atoms with E-state index in [1.54, 1.807) is 24.3 Å². The minimum atomic E-state index is -3.29. The van der Waals surface area contributed by atoms with Gasteiger partial charge in [-0.1, -0.05) is 18.2 Å². The highest BCUT2D eigenvalue weighted by molar-refractivity contribution is 7.90. The fourth-order valence-electron chi connectivity index (χ4n) is 2.01. The molecule has 0 saturated carbocycles. The van der Waals surface area contributed by atoms with Crippen molar-refractivity contribution in [1.29, 1.82) is 0 Å². The number of hydrogen-bond donors (Lipinski definition) is 1. The molecule has 1 aromatic carbocycles. The van der Waals surface area contributed by atoms with E-state index in [9.17, 15) is 12.8 Å². The van der Waals surface area contributed by atoms with E-state index in [2.05, 4.69) is 10.3 Å². The first kappa shape index (κ1) is 15.4. The van der Waals surface area contributed by atoms with Crippen molar-refractivity contribution in [2.45, 2.75) is 24.4 Å². The molecule has 0 bridgehead atoms. The summed E-state index contributed by atoms with van der Waals surface area (Å²) in [6.45, 7) is 1.93. The lowest BCUT2D eigenvalue weighted by molar-refractivity contribution is 0.597. The summed E-state index contributed by atoms with van der Waals surface area (Å²) in [5.41, 5.74) is 1.34. The van der Waals surface area contributed by atoms with E-state index in [1.165, 1.54) is 18.3 Å². The summed E-state index contributed by atoms with van der Waals surface area (Å²) in [6.07, 6.45) is 3.11. The van der Waals surface area contributed by atoms with Crippen molar-refractivity contribution >= 4 is 15.5 Å². The number of sulfone groups is 1. The maximum Gasteiger partial charge on any atom is 0.192 e. The Morgan fingerprint density at radius 3 is 2.52 bits per heavy atom. The molecule has 0 saturated heterocycles. The van der Waals surface area contributed by atoms with Crippen LogP contribution in [0.1, 0.15) is 12.5 Å². The number of hydrogen-bond acceptors (Lipinski definition) is 4. The second-order valence-electron chi connectivity index (χ2n) is 5.00. The van der Waals surface area contributed by atoms with Gasteiger partial charge in [0.2, 0.25) is 0 Å². The average molecular weight is 308 g/mol. The fourth-order valence-corrected chi connectivity index (χ4v) is 2.57. The third-order valence-corrected chi connectivity index (χ3v) is 4.01. The zero-order valence-corrected chi connectivity index (χ0v) is 12.7. The Balaban J connectivity index is 2.03. The lowest BCUT2D eigenvalue weighted by Crippen LogP contribution is -2.19. The Bertz CT molecular complexity index is 715. The molecule has 1 heterocycles. The molecule has 6 heteroatoms. The molecule has 1 aromatic heterocycles. The van der Waals surface area contributed by atoms with Crippen molar-refractivity contribution in [1.82, 2.24) is 4.98 Å². The van der Waals surface area contributed by atoms with Gasteiger partial charge in [0.25, 0.3) is 0 Å². The molecule has 2 rings (SSSR count). The monoisotopic (exact) mass is 308 g/mol. The van der Waals surface area contributed by atoms with Crippen molar-refractivity contribution < 1.29 is 12.8 Å². The molecule has 0 amide bonds. The quantitative estimate of drug-likeness (QED) is 0.922. The van der Waals surface area contributed by atoms with Crippen LogP contribution in [0.5, 0.6) is 0 Å². The smallest absolute Gasteiger partial charge is 0.192 e. The molecule has 0 aliphatic carbocycles. The van der Waals surface area contributed by atoms with Crippen LogP contribution < -0.4 is 5.32 Å². The standard InChI is InChI=1S/C15H17FN2O2S/c1-11(9-12-5-3-4-6-14(12)16)18-13-7-8-15(17-10-13)21(2,19)20/h3-8,10-11,18H,9H2,1-2H3. The summed E-state index contributed by atoms with van der Waals surface area (Å²) in [5.74, 6) is -0.225. The zero-order chi connectivity index (χ0) is 15.5. The van der Waals surface area contributed by atoms with E-state index in [1.807, 2.05) is 6.92 Å². The van der Waals surface area contributed by atoms with Gasteiger partial charge in [-0.3, -0.25) is 0 Å². The van der Waals surface area contributed by atoms with Crippen molar-refractivity contribution in [2.24, 2.45) is 0 Å². The van der Waals surface area contributed by atoms with Gasteiger partial charge in [-0.05, 0) is 37.1 Å². The van der Waals surface area contributed by atoms with Crippen molar-refractivity contribution in [3.63, 3.8) is 0 Å². The highest BCUT2D eigenvalue weighted by atomic mass is 32.2. The first-order chi connectivity index (χ1) is 9.86. The highest BCUT2D eigenvalue weighted by Crippen LogP contribution is 2.14. The summed E-state index contributed by atoms with van der Waals surface area (Å²) >= 11 is 0. The van der Waals surface area contributed by atoms with Crippen LogP contribution in [0.2, 0.25) is 0 Å². The second-order valence-corrected chi connectivity index (χ2v) is 6.96. The maximum atomic E-state index is 13.6. The number of benzene rings is 1. The van der Waals surface area contributed by atoms with Gasteiger partial charge in [0.15, 0.2) is 14.9 Å². The number of anilines is 1. The zero-order valence-electron chi connectivity index (χ0n) is 11.9. The Kier molecular flexibility index (Phi) is 4.57. The third-order valence-electron chi connectivity index (χ3n) is 3.01. The van der Waals surface area contributed by atoms with Gasteiger partial charge in [-0.2, -0.15) is 0 Å². The second kappa shape index (κ2) is 6.22. The molecule has 112 valence electrons. The Morgan fingerprint density at radius 2 is 1.95 bits per heavy atom. The van der Waals surface area contributed by atoms with Gasteiger partial charge < -0.3 is 5.32 Å². The molecule has 1 unspecified atom stereocenters. The van der Waals surface area contributed by atoms with Crippen molar-refractivity contribution in [3.05, 3.63) is 54.0 Å². The number of aromatic nitrogens is 1. The van der Waals surface area contributed by atoms with Gasteiger partial charge in [-0.25, -0.2) is 17.8 Å². The van der Waals surface area contributed by atoms with Crippen LogP contribution in [-0.2, 0) is 16.3 Å². The van der Waals surface area contributed by atoms with Gasteiger partial charge in [0, 0.05) is 12.3 Å². The molecule has 0 aliphatic heterocycles. The van der Waals surface area contributed by atoms with E-state index < -0.39 is 9.84 Å². The third kappa shape index (κ3) is 4.26. The highest BCUT2D eigenvalue weighted by Gasteiger charge is 2.10. The largest absolute Gasteiger partial charge is 0.381 e. The summed E-state index contributed by atoms with van der Waals surface area (Å²) in [7, 11) is -3.29. The molecule has 1 N–H and O–H groups in total. The molecule has 2 aromatic rings. The summed E-state index contributed by atoms with van der Waals surface area (Å²) in [5, 5.41) is 3.21. The summed E-state index contributed by atoms with van der Waals surface area (Å²) < 4.78 is 36.2. The molecule has 0 radical (unpaired) electrons. The Labute approximate surface area is 124 Å². The topological polar surface area (TPSA) is 59.1 Å². The normalized spacial score (nSPS) is 12.9. The average Bonchev–Trinajstić information content (AvgIpc) is 2.41. The lowest BCUT2D eigenvalue weighted by atomic mass is 10.1. The summed E-state index contributed by atoms with van der Waals surface area (Å²) in [4.78, 5) is 3.90. The lowest BCUT2D eigenvalue weighted by Gasteiger charge is -2.15. The van der Waals surface area contributed by atoms with Gasteiger partial charge in [0.1, 0.15) is 5.82 Å². The van der Waals surface area contributed by atoms with Crippen LogP contribution in [0.4, 0.5) is 10.1 Å². The van der Waals surface area contributed by atoms with Crippen molar-refractivity contribution in [3.8, 4) is 0 Å². The van der Waals surface area contributed by atoms with Gasteiger partial charge in [-0.15, -0.1) is 0 Å². The molecule has 0 spiro atoms. The number of rotatable bonds is 5. The number of pyridine rings is 1. The minimum absolute atomic E-state index is 0.00668. The van der Waals surface area contributed by atoms with E-state index in [0.717, 1.165) is 6.26 Å². The molecule has 0 aliphatic rings. The SMILES string of the molecule is CC(Cc1ccccc1F)Nc1ccc(S(C)(=O)=O)nc1.